The van der Waals surface area contributed by atoms with Gasteiger partial charge >= 0.3 is 0 Å². The molecule has 1 fully saturated rings. The molecule has 18 heavy (non-hydrogen) atoms. The maximum absolute atomic E-state index is 11.6. The Labute approximate surface area is 113 Å². The summed E-state index contributed by atoms with van der Waals surface area (Å²) in [5.74, 6) is 0.115. The normalized spacial score (nSPS) is 20.1. The van der Waals surface area contributed by atoms with E-state index in [0.29, 0.717) is 6.04 Å². The van der Waals surface area contributed by atoms with Crippen molar-refractivity contribution in [3.8, 4) is 0 Å². The number of benzene rings is 1. The summed E-state index contributed by atoms with van der Waals surface area (Å²) in [4.78, 5) is 15.8. The van der Waals surface area contributed by atoms with E-state index >= 15 is 0 Å². The van der Waals surface area contributed by atoms with Crippen molar-refractivity contribution in [3.63, 3.8) is 0 Å². The molecule has 1 aliphatic rings. The van der Waals surface area contributed by atoms with Crippen LogP contribution < -0.4 is 4.90 Å². The monoisotopic (exact) mass is 266 g/mol. The zero-order valence-corrected chi connectivity index (χ0v) is 11.7. The summed E-state index contributed by atoms with van der Waals surface area (Å²) >= 11 is 5.60. The molecule has 3 nitrogen and oxygen atoms in total. The van der Waals surface area contributed by atoms with Crippen LogP contribution >= 0.6 is 11.6 Å². The van der Waals surface area contributed by atoms with E-state index in [1.165, 1.54) is 11.3 Å². The standard InChI is InChI=1S/C14H19ClN2O/c1-11-4-3-5-13(8-11)17-7-6-16(10-12(17)2)14(18)9-15/h3-5,8,12H,6-7,9-10H2,1-2H3. The molecule has 0 saturated carbocycles. The third-order valence-electron chi connectivity index (χ3n) is 3.43. The highest BCUT2D eigenvalue weighted by Crippen LogP contribution is 2.21. The summed E-state index contributed by atoms with van der Waals surface area (Å²) in [5, 5.41) is 0. The Morgan fingerprint density at radius 1 is 1.44 bits per heavy atom. The second-order valence-electron chi connectivity index (χ2n) is 4.85. The fourth-order valence-corrected chi connectivity index (χ4v) is 2.63. The van der Waals surface area contributed by atoms with Gasteiger partial charge in [0.1, 0.15) is 5.88 Å². The molecule has 1 aromatic carbocycles. The molecule has 1 aliphatic heterocycles. The van der Waals surface area contributed by atoms with Crippen LogP contribution in [0.4, 0.5) is 5.69 Å². The van der Waals surface area contributed by atoms with Crippen molar-refractivity contribution in [2.45, 2.75) is 19.9 Å². The number of carbonyl (C=O) groups is 1. The molecule has 0 aromatic heterocycles. The zero-order chi connectivity index (χ0) is 13.1. The van der Waals surface area contributed by atoms with E-state index in [2.05, 4.69) is 43.0 Å². The number of amides is 1. The summed E-state index contributed by atoms with van der Waals surface area (Å²) in [7, 11) is 0. The fraction of sp³-hybridized carbons (Fsp3) is 0.500. The first kappa shape index (κ1) is 13.2. The Morgan fingerprint density at radius 3 is 2.83 bits per heavy atom. The molecule has 0 N–H and O–H groups in total. The minimum absolute atomic E-state index is 0.0346. The number of piperazine rings is 1. The Balaban J connectivity index is 2.08. The van der Waals surface area contributed by atoms with Crippen molar-refractivity contribution in [2.75, 3.05) is 30.4 Å². The SMILES string of the molecule is Cc1cccc(N2CCN(C(=O)CCl)CC2C)c1. The Morgan fingerprint density at radius 2 is 2.22 bits per heavy atom. The third kappa shape index (κ3) is 2.78. The molecule has 2 rings (SSSR count). The number of anilines is 1. The van der Waals surface area contributed by atoms with Gasteiger partial charge in [0.15, 0.2) is 0 Å². The molecule has 4 heteroatoms. The predicted molar refractivity (Wildman–Crippen MR) is 75.3 cm³/mol. The molecule has 0 radical (unpaired) electrons. The lowest BCUT2D eigenvalue weighted by molar-refractivity contribution is -0.129. The number of hydrogen-bond donors (Lipinski definition) is 0. The molecule has 1 saturated heterocycles. The van der Waals surface area contributed by atoms with Crippen LogP contribution in [-0.2, 0) is 4.79 Å². The van der Waals surface area contributed by atoms with Gasteiger partial charge in [0, 0.05) is 31.4 Å². The average Bonchev–Trinajstić information content (AvgIpc) is 2.37. The Bertz CT molecular complexity index is 436. The van der Waals surface area contributed by atoms with Gasteiger partial charge in [-0.2, -0.15) is 0 Å². The quantitative estimate of drug-likeness (QED) is 0.767. The predicted octanol–water partition coefficient (Wildman–Crippen LogP) is 2.27. The lowest BCUT2D eigenvalue weighted by Gasteiger charge is -2.41. The van der Waals surface area contributed by atoms with Gasteiger partial charge in [-0.25, -0.2) is 0 Å². The maximum atomic E-state index is 11.6. The van der Waals surface area contributed by atoms with Crippen LogP contribution in [0, 0.1) is 6.92 Å². The molecule has 1 heterocycles. The van der Waals surface area contributed by atoms with E-state index in [4.69, 9.17) is 11.6 Å². The first-order chi connectivity index (χ1) is 8.61. The van der Waals surface area contributed by atoms with Crippen LogP contribution in [0.1, 0.15) is 12.5 Å². The highest BCUT2D eigenvalue weighted by atomic mass is 35.5. The smallest absolute Gasteiger partial charge is 0.237 e. The number of aryl methyl sites for hydroxylation is 1. The van der Waals surface area contributed by atoms with Crippen molar-refractivity contribution in [1.29, 1.82) is 0 Å². The lowest BCUT2D eigenvalue weighted by Crippen LogP contribution is -2.54. The summed E-state index contributed by atoms with van der Waals surface area (Å²) in [5.41, 5.74) is 2.50. The number of carbonyl (C=O) groups excluding carboxylic acids is 1. The van der Waals surface area contributed by atoms with Crippen LogP contribution in [0.25, 0.3) is 0 Å². The molecule has 1 aromatic rings. The van der Waals surface area contributed by atoms with E-state index in [1.54, 1.807) is 0 Å². The highest BCUT2D eigenvalue weighted by Gasteiger charge is 2.26. The summed E-state index contributed by atoms with van der Waals surface area (Å²) < 4.78 is 0. The van der Waals surface area contributed by atoms with Gasteiger partial charge in [-0.15, -0.1) is 11.6 Å². The number of hydrogen-bond acceptors (Lipinski definition) is 2. The maximum Gasteiger partial charge on any atom is 0.237 e. The minimum Gasteiger partial charge on any atom is -0.365 e. The van der Waals surface area contributed by atoms with Gasteiger partial charge < -0.3 is 9.80 Å². The van der Waals surface area contributed by atoms with Crippen LogP contribution in [0.2, 0.25) is 0 Å². The van der Waals surface area contributed by atoms with Crippen molar-refractivity contribution in [2.24, 2.45) is 0 Å². The van der Waals surface area contributed by atoms with E-state index in [1.807, 2.05) is 4.90 Å². The highest BCUT2D eigenvalue weighted by molar-refractivity contribution is 6.27. The largest absolute Gasteiger partial charge is 0.365 e. The second kappa shape index (κ2) is 5.61. The van der Waals surface area contributed by atoms with E-state index in [9.17, 15) is 4.79 Å². The van der Waals surface area contributed by atoms with Gasteiger partial charge in [-0.05, 0) is 31.5 Å². The van der Waals surface area contributed by atoms with Crippen LogP contribution in [-0.4, -0.2) is 42.4 Å². The molecule has 0 aliphatic carbocycles. The number of halogens is 1. The topological polar surface area (TPSA) is 23.6 Å². The first-order valence-electron chi connectivity index (χ1n) is 6.29. The van der Waals surface area contributed by atoms with Crippen molar-refractivity contribution in [1.82, 2.24) is 4.90 Å². The van der Waals surface area contributed by atoms with Crippen molar-refractivity contribution in [3.05, 3.63) is 29.8 Å². The van der Waals surface area contributed by atoms with Gasteiger partial charge in [0.2, 0.25) is 5.91 Å². The molecular weight excluding hydrogens is 248 g/mol. The van der Waals surface area contributed by atoms with Gasteiger partial charge in [0.05, 0.1) is 0 Å². The molecular formula is C14H19ClN2O. The summed E-state index contributed by atoms with van der Waals surface area (Å²) in [6.07, 6.45) is 0. The zero-order valence-electron chi connectivity index (χ0n) is 10.9. The van der Waals surface area contributed by atoms with E-state index in [0.717, 1.165) is 19.6 Å². The molecule has 0 spiro atoms. The van der Waals surface area contributed by atoms with Gasteiger partial charge in [-0.3, -0.25) is 4.79 Å². The Kier molecular flexibility index (Phi) is 4.12. The van der Waals surface area contributed by atoms with Crippen LogP contribution in [0.3, 0.4) is 0 Å². The Hall–Kier alpha value is -1.22. The van der Waals surface area contributed by atoms with Crippen molar-refractivity contribution >= 4 is 23.2 Å². The minimum atomic E-state index is 0.0346. The van der Waals surface area contributed by atoms with E-state index < -0.39 is 0 Å². The average molecular weight is 267 g/mol. The van der Waals surface area contributed by atoms with Crippen molar-refractivity contribution < 1.29 is 4.79 Å². The molecule has 1 amide bonds. The second-order valence-corrected chi connectivity index (χ2v) is 5.12. The van der Waals surface area contributed by atoms with Crippen LogP contribution in [0.5, 0.6) is 0 Å². The van der Waals surface area contributed by atoms with Gasteiger partial charge in [0.25, 0.3) is 0 Å². The first-order valence-corrected chi connectivity index (χ1v) is 6.82. The molecule has 1 unspecified atom stereocenters. The van der Waals surface area contributed by atoms with Gasteiger partial charge in [-0.1, -0.05) is 12.1 Å². The van der Waals surface area contributed by atoms with E-state index in [-0.39, 0.29) is 11.8 Å². The lowest BCUT2D eigenvalue weighted by atomic mass is 10.1. The number of alkyl halides is 1. The summed E-state index contributed by atoms with van der Waals surface area (Å²) in [6.45, 7) is 6.62. The number of nitrogens with zero attached hydrogens (tertiary/aromatic N) is 2. The fourth-order valence-electron chi connectivity index (χ4n) is 2.46. The number of rotatable bonds is 2. The summed E-state index contributed by atoms with van der Waals surface area (Å²) in [6, 6.07) is 8.82. The molecule has 98 valence electrons. The molecule has 1 atom stereocenters. The molecule has 0 bridgehead atoms. The third-order valence-corrected chi connectivity index (χ3v) is 3.66. The van der Waals surface area contributed by atoms with Crippen LogP contribution in [0.15, 0.2) is 24.3 Å².